The van der Waals surface area contributed by atoms with Gasteiger partial charge in [-0.1, -0.05) is 24.3 Å². The molecular weight excluding hydrogens is 463 g/mol. The Morgan fingerprint density at radius 2 is 1.93 bits per heavy atom. The number of rotatable bonds is 6. The van der Waals surface area contributed by atoms with Crippen LogP contribution in [0.5, 0.6) is 5.75 Å². The van der Waals surface area contributed by atoms with Gasteiger partial charge in [-0.25, -0.2) is 0 Å². The van der Waals surface area contributed by atoms with Gasteiger partial charge >= 0.3 is 0 Å². The molecule has 3 aromatic rings. The van der Waals surface area contributed by atoms with Crippen molar-refractivity contribution in [1.29, 1.82) is 0 Å². The van der Waals surface area contributed by atoms with Crippen molar-refractivity contribution >= 4 is 40.8 Å². The third-order valence-corrected chi connectivity index (χ3v) is 4.75. The predicted molar refractivity (Wildman–Crippen MR) is 128 cm³/mol. The highest BCUT2D eigenvalue weighted by atomic mass is 127. The van der Waals surface area contributed by atoms with Gasteiger partial charge in [0, 0.05) is 37.2 Å². The summed E-state index contributed by atoms with van der Waals surface area (Å²) < 4.78 is 5.31. The lowest BCUT2D eigenvalue weighted by atomic mass is 10.1. The maximum Gasteiger partial charge on any atom is 0.191 e. The number of benzene rings is 2. The number of halogens is 1. The molecule has 5 nitrogen and oxygen atoms in total. The highest BCUT2D eigenvalue weighted by Crippen LogP contribution is 2.20. The molecule has 0 fully saturated rings. The molecule has 0 unspecified atom stereocenters. The molecule has 1 aromatic heterocycles. The number of aliphatic imine (C=N–C) groups is 1. The Labute approximate surface area is 184 Å². The van der Waals surface area contributed by atoms with Crippen molar-refractivity contribution in [2.75, 3.05) is 20.7 Å². The summed E-state index contributed by atoms with van der Waals surface area (Å²) in [6.07, 6.45) is 3.04. The van der Waals surface area contributed by atoms with Crippen molar-refractivity contribution in [3.05, 3.63) is 64.8 Å². The van der Waals surface area contributed by atoms with E-state index in [1.54, 1.807) is 14.2 Å². The average molecular weight is 492 g/mol. The minimum Gasteiger partial charge on any atom is -0.496 e. The molecule has 0 radical (unpaired) electrons. The fourth-order valence-corrected chi connectivity index (χ4v) is 3.28. The second kappa shape index (κ2) is 10.4. The van der Waals surface area contributed by atoms with E-state index in [1.807, 2.05) is 6.07 Å². The molecule has 1 heterocycles. The Balaban J connectivity index is 0.00000280. The van der Waals surface area contributed by atoms with Crippen molar-refractivity contribution in [3.8, 4) is 5.75 Å². The second-order valence-corrected chi connectivity index (χ2v) is 6.77. The molecule has 0 aliphatic heterocycles. The van der Waals surface area contributed by atoms with Gasteiger partial charge in [0.2, 0.25) is 0 Å². The van der Waals surface area contributed by atoms with Crippen LogP contribution < -0.4 is 15.4 Å². The van der Waals surface area contributed by atoms with E-state index in [0.717, 1.165) is 36.8 Å². The Kier molecular flexibility index (Phi) is 8.17. The minimum atomic E-state index is 0. The second-order valence-electron chi connectivity index (χ2n) is 6.77. The number of ether oxygens (including phenoxy) is 1. The lowest BCUT2D eigenvalue weighted by Crippen LogP contribution is -2.37. The van der Waals surface area contributed by atoms with Crippen molar-refractivity contribution in [1.82, 2.24) is 15.6 Å². The molecule has 2 aromatic carbocycles. The normalized spacial score (nSPS) is 11.2. The number of nitrogens with one attached hydrogen (secondary N) is 3. The molecule has 0 bridgehead atoms. The van der Waals surface area contributed by atoms with E-state index in [4.69, 9.17) is 4.74 Å². The number of H-pyrrole nitrogens is 1. The molecule has 150 valence electrons. The van der Waals surface area contributed by atoms with E-state index in [0.29, 0.717) is 0 Å². The highest BCUT2D eigenvalue weighted by molar-refractivity contribution is 14.0. The van der Waals surface area contributed by atoms with Gasteiger partial charge in [-0.15, -0.1) is 24.0 Å². The summed E-state index contributed by atoms with van der Waals surface area (Å²) in [6, 6.07) is 12.7. The van der Waals surface area contributed by atoms with Crippen molar-refractivity contribution < 1.29 is 4.74 Å². The predicted octanol–water partition coefficient (Wildman–Crippen LogP) is 4.32. The first-order valence-electron chi connectivity index (χ1n) is 9.25. The number of nitrogens with zero attached hydrogens (tertiary/aromatic N) is 1. The van der Waals surface area contributed by atoms with Crippen LogP contribution >= 0.6 is 24.0 Å². The molecule has 0 amide bonds. The number of fused-ring (bicyclic) bond motifs is 1. The third-order valence-electron chi connectivity index (χ3n) is 4.75. The molecule has 3 N–H and O–H groups in total. The summed E-state index contributed by atoms with van der Waals surface area (Å²) in [5.74, 6) is 1.72. The summed E-state index contributed by atoms with van der Waals surface area (Å²) in [5, 5.41) is 8.05. The molecule has 0 aliphatic carbocycles. The zero-order chi connectivity index (χ0) is 19.2. The Hall–Kier alpha value is -2.22. The standard InChI is InChI=1S/C22H28N4O.HI/c1-15-5-7-19-18(14-25-20(19)11-15)9-10-24-22(23-3)26-13-17-6-8-21(27-4)16(2)12-17;/h5-8,11-12,14,25H,9-10,13H2,1-4H3,(H2,23,24,26);1H. The van der Waals surface area contributed by atoms with Crippen molar-refractivity contribution in [2.24, 2.45) is 4.99 Å². The van der Waals surface area contributed by atoms with Crippen LogP contribution in [0.25, 0.3) is 10.9 Å². The van der Waals surface area contributed by atoms with Gasteiger partial charge in [-0.2, -0.15) is 0 Å². The lowest BCUT2D eigenvalue weighted by molar-refractivity contribution is 0.411. The zero-order valence-electron chi connectivity index (χ0n) is 16.9. The topological polar surface area (TPSA) is 61.4 Å². The number of aryl methyl sites for hydroxylation is 2. The lowest BCUT2D eigenvalue weighted by Gasteiger charge is -2.13. The molecule has 6 heteroatoms. The van der Waals surface area contributed by atoms with Crippen LogP contribution in [-0.2, 0) is 13.0 Å². The van der Waals surface area contributed by atoms with Crippen LogP contribution in [-0.4, -0.2) is 31.6 Å². The summed E-state index contributed by atoms with van der Waals surface area (Å²) in [6.45, 7) is 5.71. The van der Waals surface area contributed by atoms with Gasteiger partial charge in [-0.3, -0.25) is 4.99 Å². The SMILES string of the molecule is CN=C(NCCc1c[nH]c2cc(C)ccc12)NCc1ccc(OC)c(C)c1.I. The first kappa shape index (κ1) is 22.1. The highest BCUT2D eigenvalue weighted by Gasteiger charge is 2.05. The van der Waals surface area contributed by atoms with E-state index in [2.05, 4.69) is 71.0 Å². The van der Waals surface area contributed by atoms with Crippen LogP contribution in [0.2, 0.25) is 0 Å². The number of methoxy groups -OCH3 is 1. The molecule has 0 spiro atoms. The maximum atomic E-state index is 5.31. The van der Waals surface area contributed by atoms with E-state index in [9.17, 15) is 0 Å². The summed E-state index contributed by atoms with van der Waals surface area (Å²) in [4.78, 5) is 7.67. The quantitative estimate of drug-likeness (QED) is 0.273. The van der Waals surface area contributed by atoms with Gasteiger partial charge in [-0.05, 0) is 54.7 Å². The first-order valence-corrected chi connectivity index (χ1v) is 9.25. The van der Waals surface area contributed by atoms with Crippen LogP contribution in [0.3, 0.4) is 0 Å². The summed E-state index contributed by atoms with van der Waals surface area (Å²) in [7, 11) is 3.49. The van der Waals surface area contributed by atoms with Gasteiger partial charge in [0.15, 0.2) is 5.96 Å². The largest absolute Gasteiger partial charge is 0.496 e. The number of hydrogen-bond acceptors (Lipinski definition) is 2. The zero-order valence-corrected chi connectivity index (χ0v) is 19.3. The molecule has 0 aliphatic rings. The Bertz CT molecular complexity index is 949. The van der Waals surface area contributed by atoms with Crippen molar-refractivity contribution in [2.45, 2.75) is 26.8 Å². The minimum absolute atomic E-state index is 0. The van der Waals surface area contributed by atoms with Gasteiger partial charge in [0.25, 0.3) is 0 Å². The Morgan fingerprint density at radius 3 is 2.64 bits per heavy atom. The fraction of sp³-hybridized carbons (Fsp3) is 0.318. The van der Waals surface area contributed by atoms with Crippen LogP contribution in [0, 0.1) is 13.8 Å². The van der Waals surface area contributed by atoms with Gasteiger partial charge in [0.1, 0.15) is 5.75 Å². The Morgan fingerprint density at radius 1 is 1.11 bits per heavy atom. The van der Waals surface area contributed by atoms with Crippen LogP contribution in [0.15, 0.2) is 47.6 Å². The van der Waals surface area contributed by atoms with E-state index >= 15 is 0 Å². The monoisotopic (exact) mass is 492 g/mol. The summed E-state index contributed by atoms with van der Waals surface area (Å²) in [5.41, 5.74) is 6.12. The molecule has 0 saturated heterocycles. The average Bonchev–Trinajstić information content (AvgIpc) is 3.06. The van der Waals surface area contributed by atoms with E-state index in [1.165, 1.54) is 27.6 Å². The molecule has 28 heavy (non-hydrogen) atoms. The molecule has 3 rings (SSSR count). The van der Waals surface area contributed by atoms with Gasteiger partial charge in [0.05, 0.1) is 7.11 Å². The maximum absolute atomic E-state index is 5.31. The molecule has 0 atom stereocenters. The van der Waals surface area contributed by atoms with E-state index < -0.39 is 0 Å². The molecular formula is C22H29IN4O. The smallest absolute Gasteiger partial charge is 0.191 e. The third kappa shape index (κ3) is 5.41. The van der Waals surface area contributed by atoms with Crippen LogP contribution in [0.4, 0.5) is 0 Å². The number of aromatic amines is 1. The van der Waals surface area contributed by atoms with Crippen LogP contribution in [0.1, 0.15) is 22.3 Å². The van der Waals surface area contributed by atoms with E-state index in [-0.39, 0.29) is 24.0 Å². The number of hydrogen-bond donors (Lipinski definition) is 3. The number of guanidine groups is 1. The van der Waals surface area contributed by atoms with Crippen molar-refractivity contribution in [3.63, 3.8) is 0 Å². The summed E-state index contributed by atoms with van der Waals surface area (Å²) >= 11 is 0. The fourth-order valence-electron chi connectivity index (χ4n) is 3.28. The van der Waals surface area contributed by atoms with Gasteiger partial charge < -0.3 is 20.4 Å². The first-order chi connectivity index (χ1) is 13.1. The molecule has 0 saturated carbocycles. The number of aromatic nitrogens is 1.